The highest BCUT2D eigenvalue weighted by Gasteiger charge is 2.53. The Morgan fingerprint density at radius 1 is 1.03 bits per heavy atom. The maximum absolute atomic E-state index is 13.9. The first kappa shape index (κ1) is 28.2. The number of ether oxygens (including phenoxy) is 2. The van der Waals surface area contributed by atoms with Gasteiger partial charge in [-0.25, -0.2) is 0 Å². The Labute approximate surface area is 226 Å². The van der Waals surface area contributed by atoms with Crippen LogP contribution in [0.25, 0.3) is 0 Å². The van der Waals surface area contributed by atoms with Gasteiger partial charge in [0, 0.05) is 19.6 Å². The number of hydrogen-bond donors (Lipinski definition) is 2. The number of carbonyl (C=O) groups is 3. The fourth-order valence-corrected chi connectivity index (χ4v) is 6.71. The number of benzene rings is 1. The van der Waals surface area contributed by atoms with E-state index in [1.54, 1.807) is 18.1 Å². The van der Waals surface area contributed by atoms with Gasteiger partial charge in [0.1, 0.15) is 11.5 Å². The summed E-state index contributed by atoms with van der Waals surface area (Å²) >= 11 is 0. The smallest absolute Gasteiger partial charge is 0.306 e. The first-order valence-corrected chi connectivity index (χ1v) is 14.0. The number of methoxy groups -OCH3 is 1. The molecule has 8 nitrogen and oxygen atoms in total. The van der Waals surface area contributed by atoms with Gasteiger partial charge in [-0.3, -0.25) is 14.4 Å². The number of aliphatic carboxylic acids is 1. The number of amides is 2. The van der Waals surface area contributed by atoms with E-state index in [1.165, 1.54) is 0 Å². The molecule has 3 fully saturated rings. The van der Waals surface area contributed by atoms with E-state index in [9.17, 15) is 19.5 Å². The van der Waals surface area contributed by atoms with Gasteiger partial charge in [0.15, 0.2) is 0 Å². The van der Waals surface area contributed by atoms with Crippen LogP contribution in [-0.2, 0) is 9.59 Å². The van der Waals surface area contributed by atoms with Gasteiger partial charge in [0.2, 0.25) is 5.91 Å². The third-order valence-electron chi connectivity index (χ3n) is 8.78. The monoisotopic (exact) mass is 528 g/mol. The molecule has 0 heterocycles. The molecule has 2 amide bonds. The van der Waals surface area contributed by atoms with Gasteiger partial charge in [-0.05, 0) is 86.8 Å². The molecule has 3 aliphatic carbocycles. The molecule has 1 aromatic carbocycles. The number of nitrogens with one attached hydrogen (secondary N) is 1. The Balaban J connectivity index is 1.53. The minimum absolute atomic E-state index is 0.0109. The van der Waals surface area contributed by atoms with Crippen LogP contribution in [0.2, 0.25) is 0 Å². The molecule has 38 heavy (non-hydrogen) atoms. The highest BCUT2D eigenvalue weighted by Crippen LogP contribution is 2.51. The summed E-state index contributed by atoms with van der Waals surface area (Å²) in [5, 5.41) is 12.4. The zero-order valence-corrected chi connectivity index (χ0v) is 23.7. The van der Waals surface area contributed by atoms with Crippen molar-refractivity contribution < 1.29 is 29.0 Å². The van der Waals surface area contributed by atoms with Crippen molar-refractivity contribution >= 4 is 17.8 Å². The van der Waals surface area contributed by atoms with Crippen LogP contribution < -0.4 is 14.8 Å². The summed E-state index contributed by atoms with van der Waals surface area (Å²) in [7, 11) is 3.37. The number of hydrogen-bond acceptors (Lipinski definition) is 5. The van der Waals surface area contributed by atoms with Crippen LogP contribution in [0, 0.1) is 36.0 Å². The quantitative estimate of drug-likeness (QED) is 0.508. The van der Waals surface area contributed by atoms with Crippen LogP contribution in [0.3, 0.4) is 0 Å². The second-order valence-corrected chi connectivity index (χ2v) is 12.8. The summed E-state index contributed by atoms with van der Waals surface area (Å²) in [5.41, 5.74) is 1.27. The van der Waals surface area contributed by atoms with Crippen LogP contribution in [0.5, 0.6) is 11.5 Å². The Hall–Kier alpha value is -2.77. The molecule has 2 N–H and O–H groups in total. The molecule has 0 unspecified atom stereocenters. The Bertz CT molecular complexity index is 1060. The maximum atomic E-state index is 13.9. The number of rotatable bonds is 8. The Morgan fingerprint density at radius 3 is 2.29 bits per heavy atom. The van der Waals surface area contributed by atoms with E-state index in [-0.39, 0.29) is 41.2 Å². The fraction of sp³-hybridized carbons (Fsp3) is 0.700. The molecule has 210 valence electrons. The first-order chi connectivity index (χ1) is 17.9. The molecular weight excluding hydrogens is 484 g/mol. The molecule has 0 spiro atoms. The molecule has 0 aliphatic heterocycles. The van der Waals surface area contributed by atoms with Crippen molar-refractivity contribution in [2.24, 2.45) is 29.1 Å². The summed E-state index contributed by atoms with van der Waals surface area (Å²) in [6, 6.07) is 3.44. The summed E-state index contributed by atoms with van der Waals surface area (Å²) in [5.74, 6) is 0.337. The number of carboxylic acid groups (broad SMARTS) is 1. The second kappa shape index (κ2) is 11.1. The zero-order valence-electron chi connectivity index (χ0n) is 23.7. The van der Waals surface area contributed by atoms with Crippen LogP contribution in [0.15, 0.2) is 12.1 Å². The molecule has 3 aliphatic rings. The van der Waals surface area contributed by atoms with E-state index in [0.29, 0.717) is 61.1 Å². The van der Waals surface area contributed by atoms with Gasteiger partial charge in [-0.15, -0.1) is 0 Å². The van der Waals surface area contributed by atoms with Crippen molar-refractivity contribution in [1.29, 1.82) is 0 Å². The SMILES string of the molecule is COc1cc(C)c(OC2CCC(C(=O)O)CC2)cc1C(=O)N(C)[C@@H]1[C@H]2CC[C@H](C2)[C@@H]1C(=O)NCC(C)(C)C. The predicted molar refractivity (Wildman–Crippen MR) is 144 cm³/mol. The van der Waals surface area contributed by atoms with E-state index in [4.69, 9.17) is 9.47 Å². The normalized spacial score (nSPS) is 28.6. The summed E-state index contributed by atoms with van der Waals surface area (Å²) in [6.07, 6.45) is 5.48. The first-order valence-electron chi connectivity index (χ1n) is 14.0. The Morgan fingerprint density at radius 2 is 1.68 bits per heavy atom. The van der Waals surface area contributed by atoms with Gasteiger partial charge in [0.05, 0.1) is 30.6 Å². The van der Waals surface area contributed by atoms with E-state index < -0.39 is 5.97 Å². The molecule has 4 atom stereocenters. The molecule has 3 saturated carbocycles. The minimum atomic E-state index is -0.744. The van der Waals surface area contributed by atoms with Gasteiger partial charge < -0.3 is 24.8 Å². The highest BCUT2D eigenvalue weighted by atomic mass is 16.5. The minimum Gasteiger partial charge on any atom is -0.496 e. The Kier molecular flexibility index (Phi) is 8.29. The molecular formula is C30H44N2O6. The molecule has 1 aromatic rings. The average Bonchev–Trinajstić information content (AvgIpc) is 3.49. The van der Waals surface area contributed by atoms with Gasteiger partial charge in [-0.1, -0.05) is 20.8 Å². The van der Waals surface area contributed by atoms with E-state index in [2.05, 4.69) is 26.1 Å². The standard InChI is InChI=1S/C30H44N2O6/c1-17-13-24(37-6)22(15-23(17)38-21-11-9-18(10-12-21)29(35)36)28(34)32(5)26-20-8-7-19(14-20)25(26)27(33)31-16-30(2,3)4/h13,15,18-21,25-26H,7-12,14,16H2,1-6H3,(H,31,33)(H,35,36)/t18?,19-,20+,21?,25+,26-/m1/s1. The van der Waals surface area contributed by atoms with Crippen molar-refractivity contribution in [3.63, 3.8) is 0 Å². The number of nitrogens with zero attached hydrogens (tertiary/aromatic N) is 1. The molecule has 0 saturated heterocycles. The lowest BCUT2D eigenvalue weighted by Crippen LogP contribution is -2.51. The summed E-state index contributed by atoms with van der Waals surface area (Å²) in [6.45, 7) is 8.82. The van der Waals surface area contributed by atoms with Crippen molar-refractivity contribution in [2.75, 3.05) is 20.7 Å². The van der Waals surface area contributed by atoms with E-state index in [0.717, 1.165) is 24.8 Å². The van der Waals surface area contributed by atoms with E-state index in [1.807, 2.05) is 20.0 Å². The topological polar surface area (TPSA) is 105 Å². The second-order valence-electron chi connectivity index (χ2n) is 12.8. The van der Waals surface area contributed by atoms with Crippen LogP contribution in [-0.4, -0.2) is 60.6 Å². The van der Waals surface area contributed by atoms with E-state index >= 15 is 0 Å². The molecule has 0 aromatic heterocycles. The van der Waals surface area contributed by atoms with Gasteiger partial charge >= 0.3 is 5.97 Å². The van der Waals surface area contributed by atoms with Crippen LogP contribution >= 0.6 is 0 Å². The van der Waals surface area contributed by atoms with Crippen molar-refractivity contribution in [2.45, 2.75) is 84.8 Å². The highest BCUT2D eigenvalue weighted by molar-refractivity contribution is 5.98. The lowest BCUT2D eigenvalue weighted by molar-refractivity contribution is -0.143. The lowest BCUT2D eigenvalue weighted by atomic mass is 9.82. The number of carboxylic acids is 1. The summed E-state index contributed by atoms with van der Waals surface area (Å²) in [4.78, 5) is 40.3. The van der Waals surface area contributed by atoms with Crippen LogP contribution in [0.1, 0.15) is 81.6 Å². The third-order valence-corrected chi connectivity index (χ3v) is 8.78. The van der Waals surface area contributed by atoms with Crippen LogP contribution in [0.4, 0.5) is 0 Å². The molecule has 8 heteroatoms. The number of carbonyl (C=O) groups excluding carboxylic acids is 2. The predicted octanol–water partition coefficient (Wildman–Crippen LogP) is 4.67. The fourth-order valence-electron chi connectivity index (χ4n) is 6.71. The molecule has 0 radical (unpaired) electrons. The summed E-state index contributed by atoms with van der Waals surface area (Å²) < 4.78 is 11.9. The number of fused-ring (bicyclic) bond motifs is 2. The molecule has 4 rings (SSSR count). The largest absolute Gasteiger partial charge is 0.496 e. The van der Waals surface area contributed by atoms with Gasteiger partial charge in [-0.2, -0.15) is 0 Å². The van der Waals surface area contributed by atoms with Crippen molar-refractivity contribution in [3.05, 3.63) is 23.3 Å². The zero-order chi connectivity index (χ0) is 27.8. The lowest BCUT2D eigenvalue weighted by Gasteiger charge is -2.37. The van der Waals surface area contributed by atoms with Crippen molar-refractivity contribution in [1.82, 2.24) is 10.2 Å². The number of aryl methyl sites for hydroxylation is 1. The average molecular weight is 529 g/mol. The maximum Gasteiger partial charge on any atom is 0.306 e. The van der Waals surface area contributed by atoms with Gasteiger partial charge in [0.25, 0.3) is 5.91 Å². The molecule has 2 bridgehead atoms. The third kappa shape index (κ3) is 5.94. The van der Waals surface area contributed by atoms with Crippen molar-refractivity contribution in [3.8, 4) is 11.5 Å².